The second-order valence-electron chi connectivity index (χ2n) is 4.22. The molecule has 1 heterocycles. The first-order valence-electron chi connectivity index (χ1n) is 5.72. The molecule has 1 aliphatic rings. The number of hydrogen-bond donors (Lipinski definition) is 3. The van der Waals surface area contributed by atoms with Gasteiger partial charge >= 0.3 is 0 Å². The van der Waals surface area contributed by atoms with Gasteiger partial charge in [-0.05, 0) is 25.7 Å². The first kappa shape index (κ1) is 14.4. The molecular weight excluding hydrogens is 244 g/mol. The lowest BCUT2D eigenvalue weighted by atomic mass is 10.1. The molecule has 1 fully saturated rings. The largest absolute Gasteiger partial charge is 0.341 e. The van der Waals surface area contributed by atoms with Gasteiger partial charge in [-0.3, -0.25) is 4.79 Å². The van der Waals surface area contributed by atoms with Crippen molar-refractivity contribution in [2.24, 2.45) is 10.9 Å². The maximum Gasteiger partial charge on any atom is 0.274 e. The van der Waals surface area contributed by atoms with Crippen molar-refractivity contribution >= 4 is 16.1 Å². The Labute approximate surface area is 102 Å². The molecule has 8 heteroatoms. The summed E-state index contributed by atoms with van der Waals surface area (Å²) in [4.78, 5) is 13.5. The van der Waals surface area contributed by atoms with Crippen molar-refractivity contribution in [3.05, 3.63) is 0 Å². The van der Waals surface area contributed by atoms with E-state index in [-0.39, 0.29) is 12.5 Å². The van der Waals surface area contributed by atoms with Crippen LogP contribution in [0.4, 0.5) is 0 Å². The van der Waals surface area contributed by atoms with Crippen LogP contribution in [0.3, 0.4) is 0 Å². The zero-order valence-electron chi connectivity index (χ0n) is 9.76. The summed E-state index contributed by atoms with van der Waals surface area (Å²) < 4.78 is 23.3. The van der Waals surface area contributed by atoms with E-state index in [9.17, 15) is 13.2 Å². The van der Waals surface area contributed by atoms with Crippen molar-refractivity contribution in [3.63, 3.8) is 0 Å². The molecule has 0 aromatic rings. The van der Waals surface area contributed by atoms with Gasteiger partial charge in [-0.1, -0.05) is 0 Å². The van der Waals surface area contributed by atoms with Crippen LogP contribution in [0.15, 0.2) is 0 Å². The second-order valence-corrected chi connectivity index (χ2v) is 5.60. The predicted molar refractivity (Wildman–Crippen MR) is 64.1 cm³/mol. The smallest absolute Gasteiger partial charge is 0.274 e. The third kappa shape index (κ3) is 5.44. The monoisotopic (exact) mass is 264 g/mol. The summed E-state index contributed by atoms with van der Waals surface area (Å²) in [7, 11) is -3.64. The number of amides is 1. The van der Waals surface area contributed by atoms with Crippen LogP contribution in [-0.2, 0) is 15.0 Å². The van der Waals surface area contributed by atoms with Gasteiger partial charge in [-0.2, -0.15) is 8.42 Å². The van der Waals surface area contributed by atoms with Crippen molar-refractivity contribution < 1.29 is 13.2 Å². The van der Waals surface area contributed by atoms with Gasteiger partial charge < -0.3 is 10.6 Å². The van der Waals surface area contributed by atoms with Crippen molar-refractivity contribution in [2.45, 2.75) is 31.7 Å². The Morgan fingerprint density at radius 3 is 2.47 bits per heavy atom. The number of hydrogen-bond acceptors (Lipinski definition) is 4. The van der Waals surface area contributed by atoms with E-state index in [1.54, 1.807) is 4.90 Å². The summed E-state index contributed by atoms with van der Waals surface area (Å²) >= 11 is 0. The molecule has 1 rings (SSSR count). The summed E-state index contributed by atoms with van der Waals surface area (Å²) in [6.07, 6.45) is 3.02. The van der Waals surface area contributed by atoms with E-state index in [0.717, 1.165) is 25.9 Å². The lowest BCUT2D eigenvalue weighted by molar-refractivity contribution is -0.131. The van der Waals surface area contributed by atoms with E-state index >= 15 is 0 Å². The molecule has 0 aromatic carbocycles. The Bertz CT molecular complexity index is 351. The topological polar surface area (TPSA) is 119 Å². The van der Waals surface area contributed by atoms with Gasteiger partial charge in [0, 0.05) is 19.6 Å². The zero-order chi connectivity index (χ0) is 12.9. The average Bonchev–Trinajstić information content (AvgIpc) is 2.74. The Morgan fingerprint density at radius 2 is 1.94 bits per heavy atom. The van der Waals surface area contributed by atoms with E-state index in [1.165, 1.54) is 0 Å². The van der Waals surface area contributed by atoms with Crippen LogP contribution in [0.25, 0.3) is 0 Å². The maximum absolute atomic E-state index is 11.8. The first-order valence-corrected chi connectivity index (χ1v) is 7.26. The minimum atomic E-state index is -3.64. The minimum Gasteiger partial charge on any atom is -0.341 e. The van der Waals surface area contributed by atoms with Crippen molar-refractivity contribution in [2.75, 3.05) is 19.6 Å². The van der Waals surface area contributed by atoms with E-state index in [0.29, 0.717) is 12.8 Å². The zero-order valence-corrected chi connectivity index (χ0v) is 10.6. The number of carbonyl (C=O) groups is 1. The number of likely N-dealkylation sites (tertiary alicyclic amines) is 1. The highest BCUT2D eigenvalue weighted by atomic mass is 32.2. The molecule has 1 atom stereocenters. The van der Waals surface area contributed by atoms with E-state index < -0.39 is 16.3 Å². The second kappa shape index (κ2) is 6.29. The Hall–Kier alpha value is -0.700. The Morgan fingerprint density at radius 1 is 1.35 bits per heavy atom. The summed E-state index contributed by atoms with van der Waals surface area (Å²) in [6.45, 7) is 1.77. The molecule has 1 amide bonds. The van der Waals surface area contributed by atoms with Crippen molar-refractivity contribution in [3.8, 4) is 0 Å². The fourth-order valence-electron chi connectivity index (χ4n) is 1.83. The van der Waals surface area contributed by atoms with Crippen LogP contribution in [0.1, 0.15) is 25.7 Å². The standard InChI is InChI=1S/C9H20N4O3S/c10-8(4-3-5-12-17(11,15)16)9(14)13-6-1-2-7-13/h8,12H,1-7,10H2,(H2,11,15,16)/t8-/m0/s1. The average molecular weight is 264 g/mol. The summed E-state index contributed by atoms with van der Waals surface area (Å²) in [5.41, 5.74) is 5.75. The van der Waals surface area contributed by atoms with Crippen LogP contribution in [0, 0.1) is 0 Å². The summed E-state index contributed by atoms with van der Waals surface area (Å²) in [5, 5.41) is 4.77. The van der Waals surface area contributed by atoms with Gasteiger partial charge in [-0.25, -0.2) is 9.86 Å². The molecule has 0 bridgehead atoms. The normalized spacial score (nSPS) is 18.4. The molecule has 0 aromatic heterocycles. The SMILES string of the molecule is N[C@@H](CCCNS(N)(=O)=O)C(=O)N1CCCC1. The van der Waals surface area contributed by atoms with Gasteiger partial charge in [-0.15, -0.1) is 0 Å². The number of nitrogens with two attached hydrogens (primary N) is 2. The fraction of sp³-hybridized carbons (Fsp3) is 0.889. The quantitative estimate of drug-likeness (QED) is 0.506. The first-order chi connectivity index (χ1) is 7.90. The predicted octanol–water partition coefficient (Wildman–Crippen LogP) is -1.49. The lowest BCUT2D eigenvalue weighted by Gasteiger charge is -2.20. The Balaban J connectivity index is 2.20. The molecule has 0 unspecified atom stereocenters. The molecule has 0 aliphatic carbocycles. The maximum atomic E-state index is 11.8. The molecule has 0 radical (unpaired) electrons. The Kier molecular flexibility index (Phi) is 5.31. The molecule has 0 saturated carbocycles. The molecule has 1 saturated heterocycles. The number of rotatable bonds is 6. The molecule has 5 N–H and O–H groups in total. The highest BCUT2D eigenvalue weighted by molar-refractivity contribution is 7.87. The number of nitrogens with one attached hydrogen (secondary N) is 1. The minimum absolute atomic E-state index is 0.0434. The fourth-order valence-corrected chi connectivity index (χ4v) is 2.26. The van der Waals surface area contributed by atoms with Crippen molar-refractivity contribution in [1.29, 1.82) is 0 Å². The molecule has 17 heavy (non-hydrogen) atoms. The van der Waals surface area contributed by atoms with Crippen LogP contribution < -0.4 is 15.6 Å². The van der Waals surface area contributed by atoms with Gasteiger partial charge in [0.1, 0.15) is 0 Å². The summed E-state index contributed by atoms with van der Waals surface area (Å²) in [5.74, 6) is -0.0434. The lowest BCUT2D eigenvalue weighted by Crippen LogP contribution is -2.42. The van der Waals surface area contributed by atoms with Gasteiger partial charge in [0.05, 0.1) is 6.04 Å². The highest BCUT2D eigenvalue weighted by Gasteiger charge is 2.23. The third-order valence-electron chi connectivity index (χ3n) is 2.73. The molecule has 100 valence electrons. The highest BCUT2D eigenvalue weighted by Crippen LogP contribution is 2.10. The number of nitrogens with zero attached hydrogens (tertiary/aromatic N) is 1. The van der Waals surface area contributed by atoms with E-state index in [2.05, 4.69) is 4.72 Å². The molecule has 1 aliphatic heterocycles. The van der Waals surface area contributed by atoms with Gasteiger partial charge in [0.15, 0.2) is 0 Å². The molecule has 0 spiro atoms. The molecule has 7 nitrogen and oxygen atoms in total. The van der Waals surface area contributed by atoms with Gasteiger partial charge in [0.25, 0.3) is 10.2 Å². The van der Waals surface area contributed by atoms with E-state index in [1.807, 2.05) is 0 Å². The summed E-state index contributed by atoms with van der Waals surface area (Å²) in [6, 6.07) is -0.546. The van der Waals surface area contributed by atoms with Crippen molar-refractivity contribution in [1.82, 2.24) is 9.62 Å². The third-order valence-corrected chi connectivity index (χ3v) is 3.34. The van der Waals surface area contributed by atoms with Crippen LogP contribution in [0.2, 0.25) is 0 Å². The molecular formula is C9H20N4O3S. The van der Waals surface area contributed by atoms with Crippen LogP contribution in [-0.4, -0.2) is 44.9 Å². The van der Waals surface area contributed by atoms with Crippen LogP contribution >= 0.6 is 0 Å². The number of carbonyl (C=O) groups excluding carboxylic acids is 1. The van der Waals surface area contributed by atoms with Gasteiger partial charge in [0.2, 0.25) is 5.91 Å². The van der Waals surface area contributed by atoms with E-state index in [4.69, 9.17) is 10.9 Å². The van der Waals surface area contributed by atoms with Crippen LogP contribution in [0.5, 0.6) is 0 Å².